The third-order valence-electron chi connectivity index (χ3n) is 4.05. The third-order valence-corrected chi connectivity index (χ3v) is 4.58. The molecule has 0 aromatic heterocycles. The molecule has 21 heavy (non-hydrogen) atoms. The Kier molecular flexibility index (Phi) is 4.27. The highest BCUT2D eigenvalue weighted by Gasteiger charge is 2.38. The number of nitrogens with one attached hydrogen (secondary N) is 1. The molecule has 0 bridgehead atoms. The minimum Gasteiger partial charge on any atom is -0.494 e. The van der Waals surface area contributed by atoms with E-state index in [1.54, 1.807) is 0 Å². The summed E-state index contributed by atoms with van der Waals surface area (Å²) in [6.07, 6.45) is 0.918. The van der Waals surface area contributed by atoms with Crippen molar-refractivity contribution in [1.29, 1.82) is 0 Å². The summed E-state index contributed by atoms with van der Waals surface area (Å²) in [6, 6.07) is 14.7. The molecule has 0 atom stereocenters. The van der Waals surface area contributed by atoms with Crippen LogP contribution in [0.5, 0.6) is 5.75 Å². The van der Waals surface area contributed by atoms with Gasteiger partial charge in [-0.2, -0.15) is 0 Å². The van der Waals surface area contributed by atoms with Gasteiger partial charge in [0.15, 0.2) is 0 Å². The molecule has 0 unspecified atom stereocenters. The minimum absolute atomic E-state index is 0.0725. The van der Waals surface area contributed by atoms with Gasteiger partial charge >= 0.3 is 0 Å². The van der Waals surface area contributed by atoms with Crippen molar-refractivity contribution in [2.75, 3.05) is 19.7 Å². The molecule has 1 aliphatic rings. The van der Waals surface area contributed by atoms with Crippen LogP contribution in [0.15, 0.2) is 53.0 Å². The molecular weight excluding hydrogens is 333 g/mol. The number of halogens is 2. The van der Waals surface area contributed by atoms with E-state index in [1.807, 2.05) is 36.4 Å². The van der Waals surface area contributed by atoms with Crippen LogP contribution in [0.4, 0.5) is 4.39 Å². The predicted octanol–water partition coefficient (Wildman–Crippen LogP) is 3.90. The average molecular weight is 350 g/mol. The Hall–Kier alpha value is -1.39. The first-order valence-electron chi connectivity index (χ1n) is 7.03. The highest BCUT2D eigenvalue weighted by Crippen LogP contribution is 2.32. The Morgan fingerprint density at radius 2 is 1.71 bits per heavy atom. The van der Waals surface area contributed by atoms with Gasteiger partial charge in [-0.25, -0.2) is 4.39 Å². The lowest BCUT2D eigenvalue weighted by Gasteiger charge is -2.43. The van der Waals surface area contributed by atoms with Crippen LogP contribution >= 0.6 is 15.9 Å². The van der Waals surface area contributed by atoms with Gasteiger partial charge < -0.3 is 10.1 Å². The number of hydrogen-bond donors (Lipinski definition) is 1. The van der Waals surface area contributed by atoms with Gasteiger partial charge in [-0.1, -0.05) is 28.1 Å². The summed E-state index contributed by atoms with van der Waals surface area (Å²) < 4.78 is 19.9. The second-order valence-corrected chi connectivity index (χ2v) is 6.36. The van der Waals surface area contributed by atoms with E-state index >= 15 is 0 Å². The van der Waals surface area contributed by atoms with E-state index in [-0.39, 0.29) is 11.2 Å². The van der Waals surface area contributed by atoms with Crippen molar-refractivity contribution in [2.24, 2.45) is 0 Å². The minimum atomic E-state index is -0.188. The molecule has 1 fully saturated rings. The fourth-order valence-corrected chi connectivity index (χ4v) is 2.91. The van der Waals surface area contributed by atoms with Gasteiger partial charge in [0, 0.05) is 23.0 Å². The maximum atomic E-state index is 13.1. The Bertz CT molecular complexity index is 593. The van der Waals surface area contributed by atoms with Crippen LogP contribution in [-0.2, 0) is 5.41 Å². The van der Waals surface area contributed by atoms with Gasteiger partial charge in [-0.05, 0) is 48.4 Å². The Labute approximate surface area is 132 Å². The van der Waals surface area contributed by atoms with Gasteiger partial charge in [0.05, 0.1) is 6.61 Å². The first-order valence-corrected chi connectivity index (χ1v) is 7.82. The first-order chi connectivity index (χ1) is 10.2. The Morgan fingerprint density at radius 1 is 1.05 bits per heavy atom. The molecule has 2 aromatic rings. The third kappa shape index (κ3) is 3.27. The molecule has 2 aromatic carbocycles. The standard InChI is InChI=1S/C17H17BrFNO/c18-14-3-7-16(8-4-14)21-10-9-17(11-20-12-17)13-1-5-15(19)6-2-13/h1-8,20H,9-12H2. The van der Waals surface area contributed by atoms with Crippen molar-refractivity contribution in [2.45, 2.75) is 11.8 Å². The molecule has 1 saturated heterocycles. The van der Waals surface area contributed by atoms with Gasteiger partial charge in [-0.15, -0.1) is 0 Å². The molecule has 0 aliphatic carbocycles. The molecule has 3 rings (SSSR count). The number of rotatable bonds is 5. The summed E-state index contributed by atoms with van der Waals surface area (Å²) in [6.45, 7) is 2.49. The van der Waals surface area contributed by atoms with Gasteiger partial charge in [0.2, 0.25) is 0 Å². The largest absolute Gasteiger partial charge is 0.494 e. The maximum absolute atomic E-state index is 13.1. The Balaban J connectivity index is 1.62. The zero-order valence-corrected chi connectivity index (χ0v) is 13.2. The quantitative estimate of drug-likeness (QED) is 0.883. The van der Waals surface area contributed by atoms with E-state index in [4.69, 9.17) is 4.74 Å². The van der Waals surface area contributed by atoms with Crippen molar-refractivity contribution in [3.05, 3.63) is 64.4 Å². The van der Waals surface area contributed by atoms with E-state index in [0.29, 0.717) is 6.61 Å². The summed E-state index contributed by atoms with van der Waals surface area (Å²) in [5.41, 5.74) is 1.25. The molecule has 0 saturated carbocycles. The highest BCUT2D eigenvalue weighted by atomic mass is 79.9. The molecule has 0 amide bonds. The molecule has 0 radical (unpaired) electrons. The van der Waals surface area contributed by atoms with Crippen LogP contribution in [0.2, 0.25) is 0 Å². The van der Waals surface area contributed by atoms with Gasteiger partial charge in [-0.3, -0.25) is 0 Å². The number of benzene rings is 2. The van der Waals surface area contributed by atoms with Crippen LogP contribution < -0.4 is 10.1 Å². The molecule has 1 aliphatic heterocycles. The fourth-order valence-electron chi connectivity index (χ4n) is 2.65. The zero-order chi connectivity index (χ0) is 14.7. The summed E-state index contributed by atoms with van der Waals surface area (Å²) in [5.74, 6) is 0.687. The van der Waals surface area contributed by atoms with Crippen molar-refractivity contribution in [3.63, 3.8) is 0 Å². The summed E-state index contributed by atoms with van der Waals surface area (Å²) in [7, 11) is 0. The summed E-state index contributed by atoms with van der Waals surface area (Å²) >= 11 is 3.41. The lowest BCUT2D eigenvalue weighted by Crippen LogP contribution is -2.57. The van der Waals surface area contributed by atoms with Crippen LogP contribution in [-0.4, -0.2) is 19.7 Å². The fraction of sp³-hybridized carbons (Fsp3) is 0.294. The second-order valence-electron chi connectivity index (χ2n) is 5.44. The normalized spacial score (nSPS) is 16.3. The monoisotopic (exact) mass is 349 g/mol. The predicted molar refractivity (Wildman–Crippen MR) is 85.2 cm³/mol. The van der Waals surface area contributed by atoms with Crippen LogP contribution in [0, 0.1) is 5.82 Å². The summed E-state index contributed by atoms with van der Waals surface area (Å²) in [4.78, 5) is 0. The lowest BCUT2D eigenvalue weighted by atomic mass is 9.73. The number of ether oxygens (including phenoxy) is 1. The van der Waals surface area contributed by atoms with Gasteiger partial charge in [0.25, 0.3) is 0 Å². The molecule has 110 valence electrons. The second kappa shape index (κ2) is 6.16. The molecular formula is C17H17BrFNO. The SMILES string of the molecule is Fc1ccc(C2(CCOc3ccc(Br)cc3)CNC2)cc1. The van der Waals surface area contributed by atoms with E-state index in [0.717, 1.165) is 29.7 Å². The highest BCUT2D eigenvalue weighted by molar-refractivity contribution is 9.10. The van der Waals surface area contributed by atoms with Crippen molar-refractivity contribution < 1.29 is 9.13 Å². The maximum Gasteiger partial charge on any atom is 0.123 e. The van der Waals surface area contributed by atoms with Crippen molar-refractivity contribution in [1.82, 2.24) is 5.32 Å². The van der Waals surface area contributed by atoms with E-state index < -0.39 is 0 Å². The molecule has 4 heteroatoms. The van der Waals surface area contributed by atoms with Crippen molar-refractivity contribution in [3.8, 4) is 5.75 Å². The number of hydrogen-bond acceptors (Lipinski definition) is 2. The smallest absolute Gasteiger partial charge is 0.123 e. The van der Waals surface area contributed by atoms with Crippen molar-refractivity contribution >= 4 is 15.9 Å². The Morgan fingerprint density at radius 3 is 2.29 bits per heavy atom. The van der Waals surface area contributed by atoms with E-state index in [1.165, 1.54) is 17.7 Å². The summed E-state index contributed by atoms with van der Waals surface area (Å²) in [5, 5.41) is 3.32. The van der Waals surface area contributed by atoms with Gasteiger partial charge in [0.1, 0.15) is 11.6 Å². The van der Waals surface area contributed by atoms with Crippen LogP contribution in [0.25, 0.3) is 0 Å². The average Bonchev–Trinajstić information content (AvgIpc) is 2.45. The van der Waals surface area contributed by atoms with E-state index in [9.17, 15) is 4.39 Å². The molecule has 0 spiro atoms. The topological polar surface area (TPSA) is 21.3 Å². The molecule has 1 heterocycles. The first kappa shape index (κ1) is 14.5. The molecule has 1 N–H and O–H groups in total. The lowest BCUT2D eigenvalue weighted by molar-refractivity contribution is 0.199. The van der Waals surface area contributed by atoms with Crippen LogP contribution in [0.3, 0.4) is 0 Å². The zero-order valence-electron chi connectivity index (χ0n) is 11.6. The molecule has 2 nitrogen and oxygen atoms in total. The van der Waals surface area contributed by atoms with E-state index in [2.05, 4.69) is 21.2 Å². The van der Waals surface area contributed by atoms with Crippen LogP contribution in [0.1, 0.15) is 12.0 Å².